The molecule has 7 heteroatoms. The zero-order valence-electron chi connectivity index (χ0n) is 17.8. The lowest BCUT2D eigenvalue weighted by Gasteiger charge is -2.15. The smallest absolute Gasteiger partial charge is 0.191 e. The lowest BCUT2D eigenvalue weighted by Crippen LogP contribution is -2.38. The fraction of sp³-hybridized carbons (Fsp3) is 0.304. The maximum atomic E-state index is 5.41. The van der Waals surface area contributed by atoms with Crippen molar-refractivity contribution in [1.29, 1.82) is 0 Å². The highest BCUT2D eigenvalue weighted by molar-refractivity contribution is 14.0. The second-order valence-electron chi connectivity index (χ2n) is 6.88. The van der Waals surface area contributed by atoms with Crippen molar-refractivity contribution in [3.63, 3.8) is 0 Å². The van der Waals surface area contributed by atoms with E-state index in [1.54, 1.807) is 20.4 Å². The summed E-state index contributed by atoms with van der Waals surface area (Å²) < 4.78 is 7.34. The van der Waals surface area contributed by atoms with Gasteiger partial charge < -0.3 is 15.4 Å². The summed E-state index contributed by atoms with van der Waals surface area (Å²) in [5.41, 5.74) is 4.86. The third-order valence-electron chi connectivity index (χ3n) is 4.86. The van der Waals surface area contributed by atoms with Crippen molar-refractivity contribution in [3.05, 3.63) is 83.2 Å². The molecular weight excluding hydrogens is 489 g/mol. The van der Waals surface area contributed by atoms with Gasteiger partial charge in [0, 0.05) is 32.5 Å². The Bertz CT molecular complexity index is 941. The Labute approximate surface area is 195 Å². The van der Waals surface area contributed by atoms with Crippen molar-refractivity contribution in [3.8, 4) is 5.75 Å². The molecule has 30 heavy (non-hydrogen) atoms. The fourth-order valence-electron chi connectivity index (χ4n) is 3.20. The molecule has 0 radical (unpaired) electrons. The highest BCUT2D eigenvalue weighted by Crippen LogP contribution is 2.19. The van der Waals surface area contributed by atoms with Crippen LogP contribution in [0.25, 0.3) is 0 Å². The monoisotopic (exact) mass is 519 g/mol. The quantitative estimate of drug-likeness (QED) is 0.270. The van der Waals surface area contributed by atoms with Gasteiger partial charge in [-0.2, -0.15) is 5.10 Å². The summed E-state index contributed by atoms with van der Waals surface area (Å²) in [4.78, 5) is 4.34. The Hall–Kier alpha value is -2.55. The second kappa shape index (κ2) is 12.2. The lowest BCUT2D eigenvalue weighted by molar-refractivity contribution is 0.411. The first-order valence-electron chi connectivity index (χ1n) is 9.82. The van der Waals surface area contributed by atoms with Crippen LogP contribution in [0.2, 0.25) is 0 Å². The van der Waals surface area contributed by atoms with Crippen molar-refractivity contribution in [2.75, 3.05) is 20.7 Å². The van der Waals surface area contributed by atoms with Crippen LogP contribution in [-0.4, -0.2) is 36.4 Å². The first kappa shape index (κ1) is 23.7. The molecule has 3 rings (SSSR count). The molecule has 0 unspecified atom stereocenters. The van der Waals surface area contributed by atoms with E-state index >= 15 is 0 Å². The standard InChI is InChI=1S/C23H29N5O.HI/c1-18-9-10-19(15-22(18)29-3)11-13-25-23(24-2)26-16-20-7-4-5-8-21(20)17-28-14-6-12-27-28;/h4-10,12,14-15H,11,13,16-17H2,1-3H3,(H2,24,25,26);1H. The van der Waals surface area contributed by atoms with Crippen LogP contribution < -0.4 is 15.4 Å². The number of hydrogen-bond donors (Lipinski definition) is 2. The number of hydrogen-bond acceptors (Lipinski definition) is 3. The number of benzene rings is 2. The van der Waals surface area contributed by atoms with Crippen LogP contribution in [-0.2, 0) is 19.5 Å². The molecule has 160 valence electrons. The molecule has 2 N–H and O–H groups in total. The van der Waals surface area contributed by atoms with Crippen LogP contribution in [0.1, 0.15) is 22.3 Å². The van der Waals surface area contributed by atoms with Gasteiger partial charge >= 0.3 is 0 Å². The minimum absolute atomic E-state index is 0. The van der Waals surface area contributed by atoms with E-state index in [4.69, 9.17) is 4.74 Å². The Balaban J connectivity index is 0.00000320. The van der Waals surface area contributed by atoms with Crippen molar-refractivity contribution >= 4 is 29.9 Å². The highest BCUT2D eigenvalue weighted by atomic mass is 127. The number of aromatic nitrogens is 2. The zero-order chi connectivity index (χ0) is 20.5. The number of aliphatic imine (C=N–C) groups is 1. The molecule has 2 aromatic carbocycles. The SMILES string of the molecule is CN=C(NCCc1ccc(C)c(OC)c1)NCc1ccccc1Cn1cccn1.I. The van der Waals surface area contributed by atoms with E-state index in [1.165, 1.54) is 16.7 Å². The number of guanidine groups is 1. The molecule has 0 saturated carbocycles. The van der Waals surface area contributed by atoms with Gasteiger partial charge in [-0.3, -0.25) is 9.67 Å². The van der Waals surface area contributed by atoms with Crippen LogP contribution in [0.15, 0.2) is 65.9 Å². The van der Waals surface area contributed by atoms with E-state index in [-0.39, 0.29) is 24.0 Å². The minimum Gasteiger partial charge on any atom is -0.496 e. The van der Waals surface area contributed by atoms with E-state index in [0.29, 0.717) is 6.54 Å². The maximum Gasteiger partial charge on any atom is 0.191 e. The molecule has 0 aliphatic carbocycles. The van der Waals surface area contributed by atoms with Crippen molar-refractivity contribution in [1.82, 2.24) is 20.4 Å². The zero-order valence-corrected chi connectivity index (χ0v) is 20.1. The van der Waals surface area contributed by atoms with Gasteiger partial charge in [0.2, 0.25) is 0 Å². The largest absolute Gasteiger partial charge is 0.496 e. The van der Waals surface area contributed by atoms with Gasteiger partial charge in [-0.25, -0.2) is 0 Å². The van der Waals surface area contributed by atoms with Gasteiger partial charge in [0.25, 0.3) is 0 Å². The van der Waals surface area contributed by atoms with Gasteiger partial charge in [0.1, 0.15) is 5.75 Å². The van der Waals surface area contributed by atoms with E-state index in [1.807, 2.05) is 16.9 Å². The summed E-state index contributed by atoms with van der Waals surface area (Å²) in [6.07, 6.45) is 4.67. The fourth-order valence-corrected chi connectivity index (χ4v) is 3.20. The minimum atomic E-state index is 0. The maximum absolute atomic E-state index is 5.41. The summed E-state index contributed by atoms with van der Waals surface area (Å²) in [5, 5.41) is 11.1. The number of nitrogens with zero attached hydrogens (tertiary/aromatic N) is 3. The number of ether oxygens (including phenoxy) is 1. The molecule has 1 heterocycles. The van der Waals surface area contributed by atoms with Gasteiger partial charge in [-0.15, -0.1) is 24.0 Å². The molecule has 0 bridgehead atoms. The van der Waals surface area contributed by atoms with E-state index < -0.39 is 0 Å². The Morgan fingerprint density at radius 1 is 1.10 bits per heavy atom. The predicted molar refractivity (Wildman–Crippen MR) is 133 cm³/mol. The van der Waals surface area contributed by atoms with E-state index in [2.05, 4.69) is 70.1 Å². The molecular formula is C23H30IN5O. The molecule has 0 aliphatic heterocycles. The summed E-state index contributed by atoms with van der Waals surface area (Å²) >= 11 is 0. The predicted octanol–water partition coefficient (Wildman–Crippen LogP) is 3.77. The average Bonchev–Trinajstić information content (AvgIpc) is 3.25. The molecule has 3 aromatic rings. The average molecular weight is 519 g/mol. The highest BCUT2D eigenvalue weighted by Gasteiger charge is 2.05. The molecule has 0 fully saturated rings. The first-order valence-corrected chi connectivity index (χ1v) is 9.82. The third kappa shape index (κ3) is 6.76. The van der Waals surface area contributed by atoms with Crippen molar-refractivity contribution < 1.29 is 4.74 Å². The normalized spacial score (nSPS) is 11.0. The van der Waals surface area contributed by atoms with Crippen LogP contribution in [0, 0.1) is 6.92 Å². The molecule has 1 aromatic heterocycles. The Kier molecular flexibility index (Phi) is 9.66. The number of halogens is 1. The van der Waals surface area contributed by atoms with Gasteiger partial charge in [-0.1, -0.05) is 36.4 Å². The summed E-state index contributed by atoms with van der Waals surface area (Å²) in [6, 6.07) is 16.7. The Morgan fingerprint density at radius 2 is 1.90 bits per heavy atom. The van der Waals surface area contributed by atoms with Gasteiger partial charge in [-0.05, 0) is 47.7 Å². The first-order chi connectivity index (χ1) is 14.2. The number of nitrogens with one attached hydrogen (secondary N) is 2. The summed E-state index contributed by atoms with van der Waals surface area (Å²) in [5.74, 6) is 1.72. The molecule has 0 amide bonds. The number of rotatable bonds is 8. The van der Waals surface area contributed by atoms with Crippen LogP contribution in [0.3, 0.4) is 0 Å². The van der Waals surface area contributed by atoms with Crippen LogP contribution in [0.5, 0.6) is 5.75 Å². The third-order valence-corrected chi connectivity index (χ3v) is 4.86. The number of aryl methyl sites for hydroxylation is 1. The van der Waals surface area contributed by atoms with Crippen LogP contribution >= 0.6 is 24.0 Å². The van der Waals surface area contributed by atoms with E-state index in [0.717, 1.165) is 36.8 Å². The van der Waals surface area contributed by atoms with Crippen LogP contribution in [0.4, 0.5) is 0 Å². The molecule has 0 spiro atoms. The molecule has 6 nitrogen and oxygen atoms in total. The van der Waals surface area contributed by atoms with Gasteiger partial charge in [0.15, 0.2) is 5.96 Å². The molecule has 0 atom stereocenters. The van der Waals surface area contributed by atoms with E-state index in [9.17, 15) is 0 Å². The summed E-state index contributed by atoms with van der Waals surface area (Å²) in [6.45, 7) is 4.30. The summed E-state index contributed by atoms with van der Waals surface area (Å²) in [7, 11) is 3.50. The lowest BCUT2D eigenvalue weighted by atomic mass is 10.1. The molecule has 0 saturated heterocycles. The number of methoxy groups -OCH3 is 1. The topological polar surface area (TPSA) is 63.5 Å². The van der Waals surface area contributed by atoms with Crippen molar-refractivity contribution in [2.45, 2.75) is 26.4 Å². The van der Waals surface area contributed by atoms with Gasteiger partial charge in [0.05, 0.1) is 13.7 Å². The molecule has 0 aliphatic rings. The second-order valence-corrected chi connectivity index (χ2v) is 6.88. The van der Waals surface area contributed by atoms with Crippen molar-refractivity contribution in [2.24, 2.45) is 4.99 Å². The Morgan fingerprint density at radius 3 is 2.60 bits per heavy atom.